The molecule has 0 aliphatic heterocycles. The van der Waals surface area contributed by atoms with Gasteiger partial charge >= 0.3 is 6.18 Å². The molecule has 110 valence electrons. The molecule has 0 amide bonds. The van der Waals surface area contributed by atoms with Gasteiger partial charge in [0.2, 0.25) is 5.89 Å². The van der Waals surface area contributed by atoms with Crippen LogP contribution in [0, 0.1) is 0 Å². The van der Waals surface area contributed by atoms with Gasteiger partial charge in [-0.05, 0) is 6.42 Å². The highest BCUT2D eigenvalue weighted by Gasteiger charge is 2.27. The second-order valence-electron chi connectivity index (χ2n) is 4.22. The average Bonchev–Trinajstić information content (AvgIpc) is 2.79. The van der Waals surface area contributed by atoms with E-state index in [1.165, 1.54) is 0 Å². The molecular formula is C11H18F3N3O2. The molecule has 0 aliphatic rings. The first kappa shape index (κ1) is 15.9. The van der Waals surface area contributed by atoms with Crippen LogP contribution in [0.2, 0.25) is 0 Å². The molecule has 19 heavy (non-hydrogen) atoms. The number of nitrogens with two attached hydrogens (primary N) is 1. The van der Waals surface area contributed by atoms with E-state index in [1.807, 2.05) is 6.92 Å². The Morgan fingerprint density at radius 3 is 2.79 bits per heavy atom. The lowest BCUT2D eigenvalue weighted by atomic mass is 10.1. The molecule has 0 saturated carbocycles. The zero-order chi connectivity index (χ0) is 14.3. The van der Waals surface area contributed by atoms with Crippen molar-refractivity contribution in [3.63, 3.8) is 0 Å². The summed E-state index contributed by atoms with van der Waals surface area (Å²) in [6.45, 7) is 0.667. The van der Waals surface area contributed by atoms with Gasteiger partial charge in [0, 0.05) is 6.42 Å². The van der Waals surface area contributed by atoms with Crippen LogP contribution in [0.4, 0.5) is 13.2 Å². The van der Waals surface area contributed by atoms with E-state index < -0.39 is 12.8 Å². The van der Waals surface area contributed by atoms with Gasteiger partial charge in [0.25, 0.3) is 0 Å². The molecule has 8 heteroatoms. The van der Waals surface area contributed by atoms with E-state index in [9.17, 15) is 13.2 Å². The molecule has 0 fully saturated rings. The number of alkyl halides is 3. The largest absolute Gasteiger partial charge is 0.411 e. The third-order valence-corrected chi connectivity index (χ3v) is 2.41. The summed E-state index contributed by atoms with van der Waals surface area (Å²) >= 11 is 0. The van der Waals surface area contributed by atoms with Crippen molar-refractivity contribution in [3.8, 4) is 0 Å². The Morgan fingerprint density at radius 2 is 2.16 bits per heavy atom. The van der Waals surface area contributed by atoms with E-state index in [-0.39, 0.29) is 19.1 Å². The number of rotatable bonds is 8. The number of halogens is 3. The normalized spacial score (nSPS) is 13.7. The summed E-state index contributed by atoms with van der Waals surface area (Å²) in [7, 11) is 0. The van der Waals surface area contributed by atoms with Crippen LogP contribution in [0.1, 0.15) is 43.9 Å². The van der Waals surface area contributed by atoms with Crippen molar-refractivity contribution in [2.24, 2.45) is 5.73 Å². The van der Waals surface area contributed by atoms with Crippen molar-refractivity contribution in [1.82, 2.24) is 10.1 Å². The quantitative estimate of drug-likeness (QED) is 0.740. The predicted octanol–water partition coefficient (Wildman–Crippen LogP) is 2.38. The van der Waals surface area contributed by atoms with Crippen molar-refractivity contribution in [1.29, 1.82) is 0 Å². The van der Waals surface area contributed by atoms with Gasteiger partial charge in [0.15, 0.2) is 5.82 Å². The first-order chi connectivity index (χ1) is 8.92. The fourth-order valence-corrected chi connectivity index (χ4v) is 1.42. The maximum atomic E-state index is 11.8. The SMILES string of the molecule is CCCC[C@H](N)c1nc(CCOCC(F)(F)F)no1. The second-order valence-corrected chi connectivity index (χ2v) is 4.22. The Kier molecular flexibility index (Phi) is 6.23. The number of hydrogen-bond acceptors (Lipinski definition) is 5. The number of hydrogen-bond donors (Lipinski definition) is 1. The van der Waals surface area contributed by atoms with E-state index >= 15 is 0 Å². The number of aromatic nitrogens is 2. The van der Waals surface area contributed by atoms with Gasteiger partial charge in [0.1, 0.15) is 6.61 Å². The van der Waals surface area contributed by atoms with Gasteiger partial charge < -0.3 is 15.0 Å². The lowest BCUT2D eigenvalue weighted by Crippen LogP contribution is -2.18. The summed E-state index contributed by atoms with van der Waals surface area (Å²) in [5, 5.41) is 3.65. The molecule has 0 saturated heterocycles. The average molecular weight is 281 g/mol. The van der Waals surface area contributed by atoms with E-state index in [0.717, 1.165) is 19.3 Å². The van der Waals surface area contributed by atoms with Crippen molar-refractivity contribution < 1.29 is 22.4 Å². The third-order valence-electron chi connectivity index (χ3n) is 2.41. The predicted molar refractivity (Wildman–Crippen MR) is 61.3 cm³/mol. The molecule has 0 aromatic carbocycles. The van der Waals surface area contributed by atoms with Crippen LogP contribution in [-0.2, 0) is 11.2 Å². The van der Waals surface area contributed by atoms with Crippen LogP contribution in [-0.4, -0.2) is 29.5 Å². The Balaban J connectivity index is 2.30. The van der Waals surface area contributed by atoms with Crippen LogP contribution in [0.25, 0.3) is 0 Å². The van der Waals surface area contributed by atoms with Crippen molar-refractivity contribution in [2.45, 2.75) is 44.8 Å². The fourth-order valence-electron chi connectivity index (χ4n) is 1.42. The Bertz CT molecular complexity index is 368. The summed E-state index contributed by atoms with van der Waals surface area (Å²) in [6, 6.07) is -0.322. The van der Waals surface area contributed by atoms with E-state index in [2.05, 4.69) is 14.9 Å². The molecule has 2 N–H and O–H groups in total. The smallest absolute Gasteiger partial charge is 0.372 e. The topological polar surface area (TPSA) is 74.2 Å². The van der Waals surface area contributed by atoms with Gasteiger partial charge in [-0.25, -0.2) is 0 Å². The molecule has 0 unspecified atom stereocenters. The van der Waals surface area contributed by atoms with Crippen molar-refractivity contribution in [2.75, 3.05) is 13.2 Å². The van der Waals surface area contributed by atoms with Gasteiger partial charge in [-0.1, -0.05) is 24.9 Å². The van der Waals surface area contributed by atoms with Gasteiger partial charge in [-0.2, -0.15) is 18.2 Å². The van der Waals surface area contributed by atoms with Gasteiger partial charge in [-0.3, -0.25) is 0 Å². The highest BCUT2D eigenvalue weighted by molar-refractivity contribution is 4.91. The van der Waals surface area contributed by atoms with E-state index in [0.29, 0.717) is 11.7 Å². The molecule has 0 spiro atoms. The maximum absolute atomic E-state index is 11.8. The Morgan fingerprint density at radius 1 is 1.42 bits per heavy atom. The zero-order valence-corrected chi connectivity index (χ0v) is 10.7. The zero-order valence-electron chi connectivity index (χ0n) is 10.7. The lowest BCUT2D eigenvalue weighted by molar-refractivity contribution is -0.173. The minimum Gasteiger partial charge on any atom is -0.372 e. The highest BCUT2D eigenvalue weighted by Crippen LogP contribution is 2.16. The summed E-state index contributed by atoms with van der Waals surface area (Å²) < 4.78 is 44.9. The fraction of sp³-hybridized carbons (Fsp3) is 0.818. The second kappa shape index (κ2) is 7.44. The summed E-state index contributed by atoms with van der Waals surface area (Å²) in [5.74, 6) is 0.628. The minimum atomic E-state index is -4.31. The first-order valence-electron chi connectivity index (χ1n) is 6.15. The van der Waals surface area contributed by atoms with Crippen LogP contribution in [0.3, 0.4) is 0 Å². The molecule has 0 bridgehead atoms. The first-order valence-corrected chi connectivity index (χ1v) is 6.15. The lowest BCUT2D eigenvalue weighted by Gasteiger charge is -2.05. The summed E-state index contributed by atoms with van der Waals surface area (Å²) in [5.41, 5.74) is 5.83. The third kappa shape index (κ3) is 6.53. The minimum absolute atomic E-state index is 0.108. The van der Waals surface area contributed by atoms with E-state index in [4.69, 9.17) is 10.3 Å². The molecule has 1 atom stereocenters. The maximum Gasteiger partial charge on any atom is 0.411 e. The van der Waals surface area contributed by atoms with Crippen LogP contribution >= 0.6 is 0 Å². The monoisotopic (exact) mass is 281 g/mol. The number of unbranched alkanes of at least 4 members (excludes halogenated alkanes) is 1. The number of nitrogens with zero attached hydrogens (tertiary/aromatic N) is 2. The van der Waals surface area contributed by atoms with Crippen molar-refractivity contribution >= 4 is 0 Å². The van der Waals surface area contributed by atoms with Crippen LogP contribution < -0.4 is 5.73 Å². The summed E-state index contributed by atoms with van der Waals surface area (Å²) in [6.07, 6.45) is -1.44. The molecule has 1 rings (SSSR count). The number of ether oxygens (including phenoxy) is 1. The summed E-state index contributed by atoms with van der Waals surface area (Å²) in [4.78, 5) is 4.03. The van der Waals surface area contributed by atoms with Gasteiger partial charge in [0.05, 0.1) is 12.6 Å². The Labute approximate surface area is 109 Å². The molecule has 1 aromatic heterocycles. The molecular weight excluding hydrogens is 263 g/mol. The van der Waals surface area contributed by atoms with E-state index in [1.54, 1.807) is 0 Å². The van der Waals surface area contributed by atoms with Gasteiger partial charge in [-0.15, -0.1) is 0 Å². The van der Waals surface area contributed by atoms with Crippen LogP contribution in [0.5, 0.6) is 0 Å². The highest BCUT2D eigenvalue weighted by atomic mass is 19.4. The standard InChI is InChI=1S/C11H18F3N3O2/c1-2-3-4-8(15)10-16-9(17-19-10)5-6-18-7-11(12,13)14/h8H,2-7,15H2,1H3/t8-/m0/s1. The van der Waals surface area contributed by atoms with Crippen molar-refractivity contribution in [3.05, 3.63) is 11.7 Å². The van der Waals surface area contributed by atoms with Crippen LogP contribution in [0.15, 0.2) is 4.52 Å². The molecule has 5 nitrogen and oxygen atoms in total. The molecule has 1 aromatic rings. The Hall–Kier alpha value is -1.15. The molecule has 1 heterocycles. The molecule has 0 radical (unpaired) electrons. The molecule has 0 aliphatic carbocycles.